The molecule has 5 nitrogen and oxygen atoms in total. The van der Waals surface area contributed by atoms with Crippen molar-refractivity contribution in [1.29, 1.82) is 0 Å². The lowest BCUT2D eigenvalue weighted by Crippen LogP contribution is -2.16. The van der Waals surface area contributed by atoms with Crippen molar-refractivity contribution in [1.82, 2.24) is 4.57 Å². The van der Waals surface area contributed by atoms with Crippen molar-refractivity contribution < 1.29 is 28.6 Å². The van der Waals surface area contributed by atoms with Crippen LogP contribution in [0, 0.1) is 18.6 Å². The summed E-state index contributed by atoms with van der Waals surface area (Å²) in [7, 11) is 0. The Labute approximate surface area is 176 Å². The van der Waals surface area contributed by atoms with E-state index in [-0.39, 0.29) is 34.1 Å². The van der Waals surface area contributed by atoms with Crippen LogP contribution in [-0.4, -0.2) is 26.7 Å². The molecule has 0 saturated heterocycles. The summed E-state index contributed by atoms with van der Waals surface area (Å²) in [5.74, 6) is -6.68. The lowest BCUT2D eigenvalue weighted by Gasteiger charge is -2.14. The van der Waals surface area contributed by atoms with Crippen molar-refractivity contribution in [2.45, 2.75) is 39.0 Å². The molecule has 1 heterocycles. The van der Waals surface area contributed by atoms with Crippen LogP contribution in [-0.2, 0) is 4.79 Å². The van der Waals surface area contributed by atoms with E-state index in [1.165, 1.54) is 19.1 Å². The van der Waals surface area contributed by atoms with Crippen molar-refractivity contribution in [2.75, 3.05) is 0 Å². The van der Waals surface area contributed by atoms with Gasteiger partial charge in [0.25, 0.3) is 5.91 Å². The van der Waals surface area contributed by atoms with Crippen LogP contribution in [0.15, 0.2) is 30.3 Å². The predicted molar refractivity (Wildman–Crippen MR) is 109 cm³/mol. The van der Waals surface area contributed by atoms with Gasteiger partial charge in [0, 0.05) is 27.7 Å². The number of aliphatic carboxylic acids is 1. The summed E-state index contributed by atoms with van der Waals surface area (Å²) < 4.78 is 30.2. The Morgan fingerprint density at radius 2 is 1.93 bits per heavy atom. The van der Waals surface area contributed by atoms with Gasteiger partial charge in [0.1, 0.15) is 0 Å². The minimum Gasteiger partial charge on any atom is -0.503 e. The zero-order valence-corrected chi connectivity index (χ0v) is 17.1. The lowest BCUT2D eigenvalue weighted by molar-refractivity contribution is -0.139. The Bertz CT molecular complexity index is 1160. The van der Waals surface area contributed by atoms with Crippen molar-refractivity contribution in [3.63, 3.8) is 0 Å². The van der Waals surface area contributed by atoms with Crippen molar-refractivity contribution >= 4 is 34.4 Å². The van der Waals surface area contributed by atoms with E-state index < -0.39 is 35.2 Å². The van der Waals surface area contributed by atoms with Gasteiger partial charge in [0.15, 0.2) is 17.4 Å². The third-order valence-corrected chi connectivity index (χ3v) is 5.41. The molecule has 0 fully saturated rings. The molecule has 1 unspecified atom stereocenters. The van der Waals surface area contributed by atoms with Gasteiger partial charge < -0.3 is 10.2 Å². The molecule has 3 aromatic rings. The van der Waals surface area contributed by atoms with Crippen LogP contribution >= 0.6 is 11.6 Å². The van der Waals surface area contributed by atoms with E-state index in [0.717, 1.165) is 10.6 Å². The van der Waals surface area contributed by atoms with Crippen LogP contribution in [0.2, 0.25) is 5.02 Å². The van der Waals surface area contributed by atoms with Gasteiger partial charge in [-0.1, -0.05) is 37.4 Å². The number of carbonyl (C=O) groups excluding carboxylic acids is 1. The van der Waals surface area contributed by atoms with Gasteiger partial charge in [-0.3, -0.25) is 14.2 Å². The maximum Gasteiger partial charge on any atom is 0.311 e. The molecule has 0 spiro atoms. The Kier molecular flexibility index (Phi) is 6.12. The molecule has 158 valence electrons. The third kappa shape index (κ3) is 3.65. The molecule has 2 aromatic carbocycles. The highest BCUT2D eigenvalue weighted by atomic mass is 35.5. The molecule has 0 saturated carbocycles. The molecule has 30 heavy (non-hydrogen) atoms. The maximum atomic E-state index is 15.0. The van der Waals surface area contributed by atoms with Crippen LogP contribution in [0.4, 0.5) is 8.78 Å². The standard InChI is InChI=1S/C22H20ClF2NO4/c1-3-4-8-14(22(29)30)17-11(2)26(21(28)12-6-5-7-13(23)9-12)16-10-15(24)20(27)19(25)18(16)17/h5-7,9-10,14,27H,3-4,8H2,1-2H3,(H,29,30). The number of carboxylic acids is 1. The monoisotopic (exact) mass is 435 g/mol. The highest BCUT2D eigenvalue weighted by Gasteiger charge is 2.32. The van der Waals surface area contributed by atoms with Gasteiger partial charge in [0.05, 0.1) is 11.4 Å². The number of aromatic hydroxyl groups is 1. The number of halogens is 3. The summed E-state index contributed by atoms with van der Waals surface area (Å²) in [4.78, 5) is 25.2. The molecule has 0 aliphatic carbocycles. The minimum absolute atomic E-state index is 0.0501. The summed E-state index contributed by atoms with van der Waals surface area (Å²) >= 11 is 5.97. The summed E-state index contributed by atoms with van der Waals surface area (Å²) in [5.41, 5.74) is 0.239. The van der Waals surface area contributed by atoms with Crippen LogP contribution in [0.5, 0.6) is 5.75 Å². The first kappa shape index (κ1) is 21.8. The Morgan fingerprint density at radius 1 is 1.23 bits per heavy atom. The second-order valence-corrected chi connectivity index (χ2v) is 7.53. The van der Waals surface area contributed by atoms with Gasteiger partial charge in [-0.05, 0) is 37.1 Å². The third-order valence-electron chi connectivity index (χ3n) is 5.18. The number of hydrogen-bond donors (Lipinski definition) is 2. The Morgan fingerprint density at radius 3 is 2.53 bits per heavy atom. The average Bonchev–Trinajstić information content (AvgIpc) is 2.97. The molecule has 0 amide bonds. The van der Waals surface area contributed by atoms with Gasteiger partial charge in [0.2, 0.25) is 0 Å². The Hall–Kier alpha value is -2.93. The topological polar surface area (TPSA) is 79.5 Å². The van der Waals surface area contributed by atoms with Crippen molar-refractivity contribution in [2.24, 2.45) is 0 Å². The number of unbranched alkanes of at least 4 members (excludes halogenated alkanes) is 1. The molecule has 3 rings (SSSR count). The first-order valence-corrected chi connectivity index (χ1v) is 9.81. The van der Waals surface area contributed by atoms with Gasteiger partial charge in [-0.25, -0.2) is 8.78 Å². The van der Waals surface area contributed by atoms with E-state index in [0.29, 0.717) is 17.9 Å². The van der Waals surface area contributed by atoms with Crippen LogP contribution in [0.1, 0.15) is 53.7 Å². The Balaban J connectivity index is 2.37. The summed E-state index contributed by atoms with van der Waals surface area (Å²) in [5, 5.41) is 19.6. The summed E-state index contributed by atoms with van der Waals surface area (Å²) in [6.45, 7) is 3.37. The molecule has 0 radical (unpaired) electrons. The number of aromatic nitrogens is 1. The number of carboxylic acid groups (broad SMARTS) is 1. The zero-order valence-electron chi connectivity index (χ0n) is 16.4. The fourth-order valence-electron chi connectivity index (χ4n) is 3.75. The fourth-order valence-corrected chi connectivity index (χ4v) is 3.94. The van der Waals surface area contributed by atoms with Crippen LogP contribution in [0.3, 0.4) is 0 Å². The smallest absolute Gasteiger partial charge is 0.311 e. The number of phenolic OH excluding ortho intramolecular Hbond substituents is 1. The van der Waals surface area contributed by atoms with E-state index in [1.54, 1.807) is 12.1 Å². The second kappa shape index (κ2) is 8.44. The number of carbonyl (C=O) groups is 2. The van der Waals surface area contributed by atoms with Crippen LogP contribution in [0.25, 0.3) is 10.9 Å². The number of nitrogens with zero attached hydrogens (tertiary/aromatic N) is 1. The molecule has 1 aromatic heterocycles. The molecule has 8 heteroatoms. The number of hydrogen-bond acceptors (Lipinski definition) is 3. The summed E-state index contributed by atoms with van der Waals surface area (Å²) in [6, 6.07) is 6.88. The normalized spacial score (nSPS) is 12.3. The zero-order chi connectivity index (χ0) is 22.2. The van der Waals surface area contributed by atoms with Crippen LogP contribution < -0.4 is 0 Å². The SMILES string of the molecule is CCCCC(C(=O)O)c1c(C)n(C(=O)c2cccc(Cl)c2)c2cc(F)c(O)c(F)c12. The van der Waals surface area contributed by atoms with E-state index in [4.69, 9.17) is 11.6 Å². The van der Waals surface area contributed by atoms with Gasteiger partial charge in [-0.15, -0.1) is 0 Å². The number of fused-ring (bicyclic) bond motifs is 1. The number of benzene rings is 2. The second-order valence-electron chi connectivity index (χ2n) is 7.10. The van der Waals surface area contributed by atoms with E-state index >= 15 is 0 Å². The number of phenols is 1. The molecule has 0 bridgehead atoms. The molecule has 1 atom stereocenters. The number of rotatable bonds is 6. The van der Waals surface area contributed by atoms with E-state index in [1.807, 2.05) is 6.92 Å². The first-order chi connectivity index (χ1) is 14.2. The molecular weight excluding hydrogens is 416 g/mol. The lowest BCUT2D eigenvalue weighted by atomic mass is 9.91. The maximum absolute atomic E-state index is 15.0. The van der Waals surface area contributed by atoms with Gasteiger partial charge >= 0.3 is 5.97 Å². The highest BCUT2D eigenvalue weighted by molar-refractivity contribution is 6.31. The van der Waals surface area contributed by atoms with E-state index in [2.05, 4.69) is 0 Å². The molecule has 0 aliphatic rings. The van der Waals surface area contributed by atoms with Gasteiger partial charge in [-0.2, -0.15) is 0 Å². The average molecular weight is 436 g/mol. The summed E-state index contributed by atoms with van der Waals surface area (Å²) in [6.07, 6.45) is 1.47. The molecule has 2 N–H and O–H groups in total. The largest absolute Gasteiger partial charge is 0.503 e. The fraction of sp³-hybridized carbons (Fsp3) is 0.273. The quantitative estimate of drug-likeness (QED) is 0.525. The first-order valence-electron chi connectivity index (χ1n) is 9.43. The molecular formula is C22H20ClF2NO4. The molecule has 0 aliphatic heterocycles. The van der Waals surface area contributed by atoms with E-state index in [9.17, 15) is 28.6 Å². The minimum atomic E-state index is -1.29. The predicted octanol–water partition coefficient (Wildman–Crippen LogP) is 5.63. The van der Waals surface area contributed by atoms with Crippen molar-refractivity contribution in [3.8, 4) is 5.75 Å². The highest BCUT2D eigenvalue weighted by Crippen LogP contribution is 2.40. The van der Waals surface area contributed by atoms with Crippen molar-refractivity contribution in [3.05, 3.63) is 63.8 Å².